The number of benzene rings is 1. The first-order chi connectivity index (χ1) is 12.6. The van der Waals surface area contributed by atoms with Gasteiger partial charge >= 0.3 is 0 Å². The number of rotatable bonds is 4. The van der Waals surface area contributed by atoms with Gasteiger partial charge in [0.25, 0.3) is 5.91 Å². The molecule has 0 aliphatic carbocycles. The number of carbonyl (C=O) groups excluding carboxylic acids is 1. The van der Waals surface area contributed by atoms with Crippen molar-refractivity contribution >= 4 is 22.4 Å². The van der Waals surface area contributed by atoms with E-state index in [2.05, 4.69) is 15.4 Å². The Labute approximate surface area is 154 Å². The van der Waals surface area contributed by atoms with Crippen LogP contribution in [0.4, 0.5) is 5.13 Å². The fourth-order valence-electron chi connectivity index (χ4n) is 2.71. The molecule has 0 aliphatic heterocycles. The number of thiazole rings is 1. The van der Waals surface area contributed by atoms with E-state index in [4.69, 9.17) is 4.42 Å². The average Bonchev–Trinajstić information content (AvgIpc) is 3.36. The molecule has 130 valence electrons. The summed E-state index contributed by atoms with van der Waals surface area (Å²) >= 11 is 1.35. The molecule has 0 unspecified atom stereocenters. The van der Waals surface area contributed by atoms with E-state index in [1.54, 1.807) is 23.2 Å². The molecule has 1 aromatic carbocycles. The zero-order valence-electron chi connectivity index (χ0n) is 14.3. The normalized spacial score (nSPS) is 10.8. The Bertz CT molecular complexity index is 1060. The molecule has 0 fully saturated rings. The molecular formula is C19H16N4O2S. The van der Waals surface area contributed by atoms with Gasteiger partial charge in [0.1, 0.15) is 5.69 Å². The molecule has 4 rings (SSSR count). The van der Waals surface area contributed by atoms with Gasteiger partial charge in [-0.15, -0.1) is 11.3 Å². The van der Waals surface area contributed by atoms with Crippen LogP contribution in [0.2, 0.25) is 0 Å². The third-order valence-corrected chi connectivity index (χ3v) is 4.85. The summed E-state index contributed by atoms with van der Waals surface area (Å²) in [6.07, 6.45) is 3.18. The molecule has 0 spiro atoms. The van der Waals surface area contributed by atoms with Gasteiger partial charge in [-0.2, -0.15) is 5.10 Å². The fourth-order valence-corrected chi connectivity index (χ4v) is 3.40. The minimum absolute atomic E-state index is 0.234. The molecule has 3 heterocycles. The Morgan fingerprint density at radius 1 is 1.19 bits per heavy atom. The number of amides is 1. The summed E-state index contributed by atoms with van der Waals surface area (Å²) in [4.78, 5) is 17.0. The van der Waals surface area contributed by atoms with Gasteiger partial charge in [-0.3, -0.25) is 10.1 Å². The van der Waals surface area contributed by atoms with Gasteiger partial charge in [-0.1, -0.05) is 18.2 Å². The molecule has 3 aromatic heterocycles. The maximum absolute atomic E-state index is 12.6. The van der Waals surface area contributed by atoms with E-state index in [1.807, 2.05) is 49.6 Å². The number of anilines is 1. The highest BCUT2D eigenvalue weighted by Crippen LogP contribution is 2.26. The van der Waals surface area contributed by atoms with Crippen molar-refractivity contribution in [2.45, 2.75) is 13.8 Å². The zero-order valence-corrected chi connectivity index (χ0v) is 15.1. The minimum Gasteiger partial charge on any atom is -0.463 e. The molecule has 0 bridgehead atoms. The summed E-state index contributed by atoms with van der Waals surface area (Å²) in [5.74, 6) is 0.438. The average molecular weight is 364 g/mol. The van der Waals surface area contributed by atoms with Crippen LogP contribution in [0.25, 0.3) is 17.1 Å². The lowest BCUT2D eigenvalue weighted by Gasteiger charge is -2.08. The topological polar surface area (TPSA) is 73.0 Å². The first-order valence-corrected chi connectivity index (χ1v) is 8.93. The van der Waals surface area contributed by atoms with E-state index in [0.29, 0.717) is 22.1 Å². The zero-order chi connectivity index (χ0) is 18.1. The summed E-state index contributed by atoms with van der Waals surface area (Å²) in [5.41, 5.74) is 4.04. The van der Waals surface area contributed by atoms with Crippen LogP contribution in [0, 0.1) is 13.8 Å². The molecular weight excluding hydrogens is 348 g/mol. The molecule has 0 atom stereocenters. The number of hydrogen-bond donors (Lipinski definition) is 1. The molecule has 26 heavy (non-hydrogen) atoms. The first-order valence-electron chi connectivity index (χ1n) is 8.05. The second-order valence-electron chi connectivity index (χ2n) is 5.81. The molecule has 0 radical (unpaired) electrons. The van der Waals surface area contributed by atoms with E-state index >= 15 is 0 Å². The van der Waals surface area contributed by atoms with Crippen molar-refractivity contribution in [3.05, 3.63) is 71.1 Å². The minimum atomic E-state index is -0.234. The van der Waals surface area contributed by atoms with Crippen molar-refractivity contribution in [1.29, 1.82) is 0 Å². The predicted octanol–water partition coefficient (Wildman–Crippen LogP) is 4.46. The predicted molar refractivity (Wildman–Crippen MR) is 101 cm³/mol. The van der Waals surface area contributed by atoms with E-state index < -0.39 is 0 Å². The summed E-state index contributed by atoms with van der Waals surface area (Å²) in [7, 11) is 0. The van der Waals surface area contributed by atoms with Crippen molar-refractivity contribution in [3.63, 3.8) is 0 Å². The standard InChI is InChI=1S/C19H16N4O2S/c1-12-6-3-4-7-16(12)23-13(2)14(10-20-23)18(24)22-19-21-15(11-26-19)17-8-5-9-25-17/h3-11H,1-2H3,(H,21,22,24). The third-order valence-electron chi connectivity index (χ3n) is 4.10. The number of furan rings is 1. The second-order valence-corrected chi connectivity index (χ2v) is 6.67. The molecule has 7 heteroatoms. The van der Waals surface area contributed by atoms with Crippen molar-refractivity contribution in [2.24, 2.45) is 0 Å². The highest BCUT2D eigenvalue weighted by Gasteiger charge is 2.17. The number of carbonyl (C=O) groups is 1. The summed E-state index contributed by atoms with van der Waals surface area (Å²) < 4.78 is 7.10. The van der Waals surface area contributed by atoms with Gasteiger partial charge in [-0.05, 0) is 37.6 Å². The van der Waals surface area contributed by atoms with Crippen LogP contribution in [0.15, 0.2) is 58.7 Å². The van der Waals surface area contributed by atoms with Gasteiger partial charge in [0.05, 0.1) is 29.4 Å². The van der Waals surface area contributed by atoms with Crippen LogP contribution in [0.3, 0.4) is 0 Å². The second kappa shape index (κ2) is 6.61. The quantitative estimate of drug-likeness (QED) is 0.580. The van der Waals surface area contributed by atoms with E-state index in [-0.39, 0.29) is 5.91 Å². The number of nitrogens with zero attached hydrogens (tertiary/aromatic N) is 3. The summed E-state index contributed by atoms with van der Waals surface area (Å²) in [5, 5.41) is 9.58. The SMILES string of the molecule is Cc1ccccc1-n1ncc(C(=O)Nc2nc(-c3ccco3)cs2)c1C. The number of aryl methyl sites for hydroxylation is 1. The van der Waals surface area contributed by atoms with Crippen molar-refractivity contribution in [2.75, 3.05) is 5.32 Å². The first kappa shape index (κ1) is 16.3. The molecule has 1 amide bonds. The Balaban J connectivity index is 1.57. The maximum Gasteiger partial charge on any atom is 0.260 e. The highest BCUT2D eigenvalue weighted by molar-refractivity contribution is 7.14. The lowest BCUT2D eigenvalue weighted by atomic mass is 10.2. The van der Waals surface area contributed by atoms with Crippen LogP contribution in [-0.4, -0.2) is 20.7 Å². The van der Waals surface area contributed by atoms with Crippen LogP contribution in [0.5, 0.6) is 0 Å². The summed E-state index contributed by atoms with van der Waals surface area (Å²) in [6, 6.07) is 11.6. The number of hydrogen-bond acceptors (Lipinski definition) is 5. The maximum atomic E-state index is 12.6. The molecule has 0 aliphatic rings. The lowest BCUT2D eigenvalue weighted by molar-refractivity contribution is 0.102. The molecule has 0 saturated carbocycles. The van der Waals surface area contributed by atoms with Crippen LogP contribution >= 0.6 is 11.3 Å². The van der Waals surface area contributed by atoms with E-state index in [9.17, 15) is 4.79 Å². The van der Waals surface area contributed by atoms with E-state index in [0.717, 1.165) is 16.9 Å². The molecule has 0 saturated heterocycles. The van der Waals surface area contributed by atoms with Crippen molar-refractivity contribution in [3.8, 4) is 17.1 Å². The van der Waals surface area contributed by atoms with Gasteiger partial charge in [0, 0.05) is 5.38 Å². The lowest BCUT2D eigenvalue weighted by Crippen LogP contribution is -2.13. The van der Waals surface area contributed by atoms with Gasteiger partial charge in [0.2, 0.25) is 0 Å². The van der Waals surface area contributed by atoms with Gasteiger partial charge in [0.15, 0.2) is 10.9 Å². The van der Waals surface area contributed by atoms with E-state index in [1.165, 1.54) is 11.3 Å². The van der Waals surface area contributed by atoms with Crippen LogP contribution < -0.4 is 5.32 Å². The highest BCUT2D eigenvalue weighted by atomic mass is 32.1. The van der Waals surface area contributed by atoms with Crippen LogP contribution in [0.1, 0.15) is 21.6 Å². The Hall–Kier alpha value is -3.19. The van der Waals surface area contributed by atoms with Crippen molar-refractivity contribution in [1.82, 2.24) is 14.8 Å². The number of para-hydroxylation sites is 1. The number of aromatic nitrogens is 3. The van der Waals surface area contributed by atoms with Gasteiger partial charge < -0.3 is 4.42 Å². The van der Waals surface area contributed by atoms with Crippen LogP contribution in [-0.2, 0) is 0 Å². The number of nitrogens with one attached hydrogen (secondary N) is 1. The smallest absolute Gasteiger partial charge is 0.260 e. The Morgan fingerprint density at radius 3 is 2.81 bits per heavy atom. The third kappa shape index (κ3) is 2.93. The monoisotopic (exact) mass is 364 g/mol. The molecule has 4 aromatic rings. The Morgan fingerprint density at radius 2 is 2.04 bits per heavy atom. The summed E-state index contributed by atoms with van der Waals surface area (Å²) in [6.45, 7) is 3.90. The fraction of sp³-hybridized carbons (Fsp3) is 0.105. The van der Waals surface area contributed by atoms with Crippen molar-refractivity contribution < 1.29 is 9.21 Å². The largest absolute Gasteiger partial charge is 0.463 e. The molecule has 6 nitrogen and oxygen atoms in total. The molecule has 1 N–H and O–H groups in total. The Kier molecular flexibility index (Phi) is 4.14. The van der Waals surface area contributed by atoms with Gasteiger partial charge in [-0.25, -0.2) is 9.67 Å².